The molecule has 1 N–H and O–H groups in total. The first-order chi connectivity index (χ1) is 9.94. The maximum Gasteiger partial charge on any atom is 0.387 e. The molecule has 21 heavy (non-hydrogen) atoms. The number of benzene rings is 1. The molecule has 0 aromatic heterocycles. The normalized spacial score (nSPS) is 22.1. The van der Waals surface area contributed by atoms with Gasteiger partial charge in [-0.15, -0.1) is 0 Å². The third kappa shape index (κ3) is 4.88. The fourth-order valence-electron chi connectivity index (χ4n) is 2.91. The van der Waals surface area contributed by atoms with Gasteiger partial charge in [0.1, 0.15) is 5.75 Å². The second kappa shape index (κ2) is 7.12. The molecule has 1 aromatic rings. The van der Waals surface area contributed by atoms with Crippen molar-refractivity contribution in [2.45, 2.75) is 33.3 Å². The van der Waals surface area contributed by atoms with Crippen molar-refractivity contribution < 1.29 is 13.5 Å². The summed E-state index contributed by atoms with van der Waals surface area (Å²) >= 11 is 5.93. The Morgan fingerprint density at radius 1 is 1.43 bits per heavy atom. The molecule has 1 aliphatic rings. The molecule has 0 heterocycles. The molecule has 2 unspecified atom stereocenters. The van der Waals surface area contributed by atoms with E-state index in [1.807, 2.05) is 0 Å². The molecule has 2 nitrogen and oxygen atoms in total. The number of hydrogen-bond acceptors (Lipinski definition) is 2. The molecular weight excluding hydrogens is 296 g/mol. The zero-order valence-electron chi connectivity index (χ0n) is 12.2. The van der Waals surface area contributed by atoms with E-state index in [4.69, 9.17) is 11.6 Å². The van der Waals surface area contributed by atoms with Crippen molar-refractivity contribution in [1.29, 1.82) is 0 Å². The van der Waals surface area contributed by atoms with Crippen molar-refractivity contribution in [3.63, 3.8) is 0 Å². The first-order valence-electron chi connectivity index (χ1n) is 7.09. The van der Waals surface area contributed by atoms with Gasteiger partial charge in [-0.05, 0) is 49.8 Å². The van der Waals surface area contributed by atoms with Crippen LogP contribution in [0.4, 0.5) is 14.5 Å². The standard InChI is InChI=1S/C16H20ClF2NO/c1-10-5-11(2)7-12(6-10)9-20-13-3-4-15(14(17)8-13)21-16(18)19/h3-5,8,10,12,16,20H,6-7,9H2,1-2H3. The first kappa shape index (κ1) is 16.1. The number of halogens is 3. The van der Waals surface area contributed by atoms with Crippen LogP contribution < -0.4 is 10.1 Å². The van der Waals surface area contributed by atoms with Gasteiger partial charge in [-0.1, -0.05) is 30.2 Å². The summed E-state index contributed by atoms with van der Waals surface area (Å²) in [6.45, 7) is 2.37. The third-order valence-corrected chi connectivity index (χ3v) is 3.92. The SMILES string of the molecule is CC1=CC(C)CC(CNc2ccc(OC(F)F)c(Cl)c2)C1. The van der Waals surface area contributed by atoms with Gasteiger partial charge >= 0.3 is 6.61 Å². The molecule has 5 heteroatoms. The van der Waals surface area contributed by atoms with E-state index in [2.05, 4.69) is 30.0 Å². The molecule has 0 bridgehead atoms. The molecule has 1 aliphatic carbocycles. The van der Waals surface area contributed by atoms with Crippen LogP contribution in [0.15, 0.2) is 29.8 Å². The minimum absolute atomic E-state index is 0.00211. The summed E-state index contributed by atoms with van der Waals surface area (Å²) in [5, 5.41) is 3.51. The summed E-state index contributed by atoms with van der Waals surface area (Å²) in [5.41, 5.74) is 2.25. The number of allylic oxidation sites excluding steroid dienone is 2. The fourth-order valence-corrected chi connectivity index (χ4v) is 3.13. The predicted octanol–water partition coefficient (Wildman–Crippen LogP) is 5.35. The Bertz CT molecular complexity index is 519. The number of alkyl halides is 2. The second-order valence-electron chi connectivity index (χ2n) is 5.70. The van der Waals surface area contributed by atoms with Crippen LogP contribution in [0, 0.1) is 11.8 Å². The lowest BCUT2D eigenvalue weighted by Gasteiger charge is -2.26. The van der Waals surface area contributed by atoms with E-state index in [0.29, 0.717) is 11.8 Å². The molecule has 0 saturated heterocycles. The molecular formula is C16H20ClF2NO. The van der Waals surface area contributed by atoms with Gasteiger partial charge in [0.25, 0.3) is 0 Å². The molecule has 0 fully saturated rings. The first-order valence-corrected chi connectivity index (χ1v) is 7.47. The summed E-state index contributed by atoms with van der Waals surface area (Å²) in [7, 11) is 0. The van der Waals surface area contributed by atoms with E-state index in [9.17, 15) is 8.78 Å². The molecule has 2 atom stereocenters. The quantitative estimate of drug-likeness (QED) is 0.740. The lowest BCUT2D eigenvalue weighted by molar-refractivity contribution is -0.0497. The van der Waals surface area contributed by atoms with E-state index < -0.39 is 6.61 Å². The highest BCUT2D eigenvalue weighted by Crippen LogP contribution is 2.31. The van der Waals surface area contributed by atoms with Crippen molar-refractivity contribution in [1.82, 2.24) is 0 Å². The van der Waals surface area contributed by atoms with E-state index in [0.717, 1.165) is 25.1 Å². The Morgan fingerprint density at radius 2 is 2.19 bits per heavy atom. The summed E-state index contributed by atoms with van der Waals surface area (Å²) in [6.07, 6.45) is 4.58. The molecule has 2 rings (SSSR count). The molecule has 0 radical (unpaired) electrons. The van der Waals surface area contributed by atoms with E-state index >= 15 is 0 Å². The Kier molecular flexibility index (Phi) is 5.45. The highest BCUT2D eigenvalue weighted by Gasteiger charge is 2.18. The minimum atomic E-state index is -2.86. The lowest BCUT2D eigenvalue weighted by Crippen LogP contribution is -2.20. The third-order valence-electron chi connectivity index (χ3n) is 3.63. The number of anilines is 1. The van der Waals surface area contributed by atoms with Gasteiger partial charge in [-0.2, -0.15) is 8.78 Å². The summed E-state index contributed by atoms with van der Waals surface area (Å²) in [5.74, 6) is 1.19. The Hall–Kier alpha value is -1.29. The highest BCUT2D eigenvalue weighted by atomic mass is 35.5. The zero-order chi connectivity index (χ0) is 15.4. The molecule has 0 amide bonds. The van der Waals surface area contributed by atoms with Gasteiger partial charge < -0.3 is 10.1 Å². The van der Waals surface area contributed by atoms with Gasteiger partial charge in [0.15, 0.2) is 0 Å². The van der Waals surface area contributed by atoms with E-state index in [1.54, 1.807) is 12.1 Å². The zero-order valence-corrected chi connectivity index (χ0v) is 13.0. The van der Waals surface area contributed by atoms with Crippen molar-refractivity contribution in [3.05, 3.63) is 34.9 Å². The summed E-state index contributed by atoms with van der Waals surface area (Å²) < 4.78 is 28.6. The Morgan fingerprint density at radius 3 is 2.81 bits per heavy atom. The monoisotopic (exact) mass is 315 g/mol. The van der Waals surface area contributed by atoms with Gasteiger partial charge in [0.2, 0.25) is 0 Å². The topological polar surface area (TPSA) is 21.3 Å². The van der Waals surface area contributed by atoms with Gasteiger partial charge in [-0.3, -0.25) is 0 Å². The maximum atomic E-state index is 12.2. The highest BCUT2D eigenvalue weighted by molar-refractivity contribution is 6.32. The Labute approximate surface area is 129 Å². The largest absolute Gasteiger partial charge is 0.433 e. The summed E-state index contributed by atoms with van der Waals surface area (Å²) in [6, 6.07) is 4.79. The maximum absolute atomic E-state index is 12.2. The Balaban J connectivity index is 1.92. The van der Waals surface area contributed by atoms with E-state index in [-0.39, 0.29) is 10.8 Å². The average Bonchev–Trinajstić information content (AvgIpc) is 2.38. The van der Waals surface area contributed by atoms with Crippen LogP contribution in [-0.2, 0) is 0 Å². The number of nitrogens with one attached hydrogen (secondary N) is 1. The van der Waals surface area contributed by atoms with Gasteiger partial charge in [0.05, 0.1) is 5.02 Å². The molecule has 1 aromatic carbocycles. The predicted molar refractivity (Wildman–Crippen MR) is 82.2 cm³/mol. The second-order valence-corrected chi connectivity index (χ2v) is 6.11. The summed E-state index contributed by atoms with van der Waals surface area (Å²) in [4.78, 5) is 0. The minimum Gasteiger partial charge on any atom is -0.433 e. The van der Waals surface area contributed by atoms with Crippen LogP contribution in [0.2, 0.25) is 5.02 Å². The van der Waals surface area contributed by atoms with Crippen LogP contribution in [-0.4, -0.2) is 13.2 Å². The molecule has 116 valence electrons. The number of ether oxygens (including phenoxy) is 1. The lowest BCUT2D eigenvalue weighted by atomic mass is 9.84. The van der Waals surface area contributed by atoms with E-state index in [1.165, 1.54) is 11.6 Å². The average molecular weight is 316 g/mol. The van der Waals surface area contributed by atoms with Crippen molar-refractivity contribution >= 4 is 17.3 Å². The van der Waals surface area contributed by atoms with Gasteiger partial charge in [0, 0.05) is 12.2 Å². The van der Waals surface area contributed by atoms with Crippen molar-refractivity contribution in [3.8, 4) is 5.75 Å². The van der Waals surface area contributed by atoms with Crippen LogP contribution in [0.25, 0.3) is 0 Å². The van der Waals surface area contributed by atoms with Crippen LogP contribution in [0.3, 0.4) is 0 Å². The number of hydrogen-bond donors (Lipinski definition) is 1. The van der Waals surface area contributed by atoms with Crippen LogP contribution in [0.5, 0.6) is 5.75 Å². The molecule has 0 saturated carbocycles. The van der Waals surface area contributed by atoms with Crippen LogP contribution >= 0.6 is 11.6 Å². The smallest absolute Gasteiger partial charge is 0.387 e. The van der Waals surface area contributed by atoms with Crippen LogP contribution in [0.1, 0.15) is 26.7 Å². The fraction of sp³-hybridized carbons (Fsp3) is 0.500. The van der Waals surface area contributed by atoms with Crippen molar-refractivity contribution in [2.24, 2.45) is 11.8 Å². The molecule has 0 spiro atoms. The van der Waals surface area contributed by atoms with Crippen molar-refractivity contribution in [2.75, 3.05) is 11.9 Å². The molecule has 0 aliphatic heterocycles. The number of rotatable bonds is 5. The van der Waals surface area contributed by atoms with Gasteiger partial charge in [-0.25, -0.2) is 0 Å².